The first-order chi connectivity index (χ1) is 23.8. The molecule has 0 aliphatic rings. The van der Waals surface area contributed by atoms with Crippen LogP contribution in [0.3, 0.4) is 0 Å². The summed E-state index contributed by atoms with van der Waals surface area (Å²) < 4.78 is 13.0. The molecule has 0 fully saturated rings. The Morgan fingerprint density at radius 3 is 2.41 bits per heavy atom. The number of benzene rings is 2. The molecule has 0 saturated carbocycles. The standard InChI is InChI=1S/C35H45N5O5.C2H6.CH5N/c1-5-40-32-12-11-26(27-16-25(17-28(43)18-27)10-8-6-7-9-13-38-39-23-41)19-29(32)30(20-35(2,3)22-45-24-42)34(40)33-31(21-44-4)36-14-15-37-33;2*1-2/h11-12,14-19,23-24,38,43H,5-10,13,20-22H2,1-4H3,(H,39,41);1-2H3;2H2,1H3. The number of hydrogen-bond acceptors (Lipinski definition) is 9. The van der Waals surface area contributed by atoms with E-state index in [0.29, 0.717) is 25.9 Å². The van der Waals surface area contributed by atoms with Crippen molar-refractivity contribution in [2.45, 2.75) is 86.3 Å². The fraction of sp³-hybridized carbons (Fsp3) is 0.474. The number of fused-ring (bicyclic) bond motifs is 1. The van der Waals surface area contributed by atoms with Crippen LogP contribution < -0.4 is 16.6 Å². The van der Waals surface area contributed by atoms with E-state index >= 15 is 0 Å². The number of hydrazine groups is 1. The van der Waals surface area contributed by atoms with Gasteiger partial charge in [0.2, 0.25) is 6.41 Å². The van der Waals surface area contributed by atoms with Crippen LogP contribution in [0, 0.1) is 5.41 Å². The van der Waals surface area contributed by atoms with E-state index in [2.05, 4.69) is 71.2 Å². The van der Waals surface area contributed by atoms with Gasteiger partial charge in [-0.25, -0.2) is 5.43 Å². The summed E-state index contributed by atoms with van der Waals surface area (Å²) in [5, 5.41) is 11.8. The largest absolute Gasteiger partial charge is 0.508 e. The van der Waals surface area contributed by atoms with Gasteiger partial charge in [-0.3, -0.25) is 25.0 Å². The minimum absolute atomic E-state index is 0.245. The van der Waals surface area contributed by atoms with E-state index in [1.807, 2.05) is 26.0 Å². The Bertz CT molecular complexity index is 1590. The molecule has 0 atom stereocenters. The van der Waals surface area contributed by atoms with E-state index in [0.717, 1.165) is 95.4 Å². The molecule has 1 amide bonds. The smallest absolute Gasteiger partial charge is 0.293 e. The third-order valence-corrected chi connectivity index (χ3v) is 7.95. The molecule has 0 unspecified atom stereocenters. The van der Waals surface area contributed by atoms with Crippen LogP contribution in [0.2, 0.25) is 0 Å². The number of amides is 1. The lowest BCUT2D eigenvalue weighted by Gasteiger charge is -2.24. The minimum atomic E-state index is -0.346. The molecule has 4 aromatic rings. The fourth-order valence-corrected chi connectivity index (χ4v) is 5.97. The number of rotatable bonds is 19. The van der Waals surface area contributed by atoms with E-state index in [1.165, 1.54) is 7.05 Å². The zero-order chi connectivity index (χ0) is 36.2. The number of unbranched alkanes of at least 4 members (excludes halogenated alkanes) is 3. The lowest BCUT2D eigenvalue weighted by atomic mass is 9.84. The van der Waals surface area contributed by atoms with Gasteiger partial charge in [-0.05, 0) is 86.2 Å². The lowest BCUT2D eigenvalue weighted by Crippen LogP contribution is -2.30. The number of carbonyl (C=O) groups excluding carboxylic acids is 2. The van der Waals surface area contributed by atoms with Crippen LogP contribution in [0.15, 0.2) is 48.8 Å². The number of nitrogens with two attached hydrogens (primary N) is 1. The molecule has 2 aromatic carbocycles. The van der Waals surface area contributed by atoms with E-state index in [9.17, 15) is 14.7 Å². The third kappa shape index (κ3) is 11.7. The quantitative estimate of drug-likeness (QED) is 0.0507. The monoisotopic (exact) mass is 676 g/mol. The number of aromatic nitrogens is 3. The van der Waals surface area contributed by atoms with Crippen molar-refractivity contribution in [1.82, 2.24) is 25.4 Å². The van der Waals surface area contributed by atoms with Gasteiger partial charge in [0.05, 0.1) is 24.6 Å². The van der Waals surface area contributed by atoms with Crippen LogP contribution in [0.5, 0.6) is 5.75 Å². The number of hydrogen-bond donors (Lipinski definition) is 4. The van der Waals surface area contributed by atoms with Gasteiger partial charge in [0.15, 0.2) is 0 Å². The van der Waals surface area contributed by atoms with Gasteiger partial charge >= 0.3 is 0 Å². The van der Waals surface area contributed by atoms with Gasteiger partial charge in [-0.15, -0.1) is 0 Å². The Balaban J connectivity index is 0.00000201. The topological polar surface area (TPSA) is 154 Å². The highest BCUT2D eigenvalue weighted by atomic mass is 16.5. The Hall–Kier alpha value is -4.32. The summed E-state index contributed by atoms with van der Waals surface area (Å²) in [4.78, 5) is 30.8. The van der Waals surface area contributed by atoms with E-state index < -0.39 is 0 Å². The SMILES string of the molecule is CC.CCn1c(-c2nccnc2COC)c(CC(C)(C)COC=O)c2cc(-c3cc(O)cc(CCCCCCNNC=O)c3)ccc21.CN. The second-order valence-corrected chi connectivity index (χ2v) is 12.1. The van der Waals surface area contributed by atoms with Crippen LogP contribution in [0.1, 0.15) is 77.1 Å². The van der Waals surface area contributed by atoms with Crippen LogP contribution in [0.4, 0.5) is 0 Å². The van der Waals surface area contributed by atoms with Gasteiger partial charge in [0, 0.05) is 48.9 Å². The van der Waals surface area contributed by atoms with Crippen LogP contribution >= 0.6 is 0 Å². The second kappa shape index (κ2) is 21.6. The zero-order valence-electron chi connectivity index (χ0n) is 30.3. The Morgan fingerprint density at radius 1 is 0.980 bits per heavy atom. The van der Waals surface area contributed by atoms with Gasteiger partial charge in [-0.1, -0.05) is 52.7 Å². The van der Waals surface area contributed by atoms with Crippen molar-refractivity contribution in [3.63, 3.8) is 0 Å². The number of aromatic hydroxyl groups is 1. The van der Waals surface area contributed by atoms with Gasteiger partial charge in [-0.2, -0.15) is 0 Å². The van der Waals surface area contributed by atoms with Crippen molar-refractivity contribution in [2.75, 3.05) is 27.3 Å². The van der Waals surface area contributed by atoms with Gasteiger partial charge in [0.1, 0.15) is 11.4 Å². The first-order valence-corrected chi connectivity index (χ1v) is 17.1. The molecule has 0 spiro atoms. The highest BCUT2D eigenvalue weighted by Gasteiger charge is 2.28. The number of carbonyl (C=O) groups is 2. The summed E-state index contributed by atoms with van der Waals surface area (Å²) in [5.74, 6) is 0.245. The number of aryl methyl sites for hydroxylation is 2. The summed E-state index contributed by atoms with van der Waals surface area (Å²) in [5.41, 5.74) is 17.2. The number of ether oxygens (including phenoxy) is 2. The van der Waals surface area contributed by atoms with Crippen molar-refractivity contribution in [2.24, 2.45) is 11.1 Å². The predicted molar refractivity (Wildman–Crippen MR) is 197 cm³/mol. The summed E-state index contributed by atoms with van der Waals surface area (Å²) in [6.07, 6.45) is 9.64. The van der Waals surface area contributed by atoms with Crippen LogP contribution in [-0.2, 0) is 45.1 Å². The van der Waals surface area contributed by atoms with Crippen molar-refractivity contribution in [3.8, 4) is 28.3 Å². The van der Waals surface area contributed by atoms with Crippen molar-refractivity contribution >= 4 is 23.8 Å². The van der Waals surface area contributed by atoms with E-state index in [1.54, 1.807) is 19.5 Å². The summed E-state index contributed by atoms with van der Waals surface area (Å²) >= 11 is 0. The Morgan fingerprint density at radius 2 is 1.71 bits per heavy atom. The van der Waals surface area contributed by atoms with Crippen molar-refractivity contribution in [1.29, 1.82) is 0 Å². The molecular formula is C38H56N6O5. The molecule has 268 valence electrons. The van der Waals surface area contributed by atoms with Gasteiger partial charge < -0.3 is 24.9 Å². The number of nitrogens with one attached hydrogen (secondary N) is 2. The molecule has 0 radical (unpaired) electrons. The molecule has 0 bridgehead atoms. The molecule has 0 saturated heterocycles. The molecule has 0 aliphatic carbocycles. The normalized spacial score (nSPS) is 10.9. The number of nitrogens with zero attached hydrogens (tertiary/aromatic N) is 3. The molecule has 2 heterocycles. The molecule has 0 aliphatic heterocycles. The zero-order valence-corrected chi connectivity index (χ0v) is 30.3. The van der Waals surface area contributed by atoms with Crippen molar-refractivity contribution < 1.29 is 24.2 Å². The lowest BCUT2D eigenvalue weighted by molar-refractivity contribution is -0.131. The van der Waals surface area contributed by atoms with E-state index in [-0.39, 0.29) is 17.8 Å². The molecule has 49 heavy (non-hydrogen) atoms. The number of methoxy groups -OCH3 is 1. The molecule has 11 nitrogen and oxygen atoms in total. The number of phenols is 1. The van der Waals surface area contributed by atoms with Gasteiger partial charge in [0.25, 0.3) is 6.47 Å². The maximum absolute atomic E-state index is 11.1. The minimum Gasteiger partial charge on any atom is -0.508 e. The molecule has 5 N–H and O–H groups in total. The maximum Gasteiger partial charge on any atom is 0.293 e. The first-order valence-electron chi connectivity index (χ1n) is 17.1. The highest BCUT2D eigenvalue weighted by Crippen LogP contribution is 2.40. The molecule has 2 aromatic heterocycles. The predicted octanol–water partition coefficient (Wildman–Crippen LogP) is 6.33. The summed E-state index contributed by atoms with van der Waals surface area (Å²) in [6.45, 7) is 12.9. The molecule has 11 heteroatoms. The van der Waals surface area contributed by atoms with E-state index in [4.69, 9.17) is 14.5 Å². The highest BCUT2D eigenvalue weighted by molar-refractivity contribution is 5.94. The van der Waals surface area contributed by atoms with Crippen LogP contribution in [0.25, 0.3) is 33.4 Å². The summed E-state index contributed by atoms with van der Waals surface area (Å²) in [7, 11) is 3.15. The first kappa shape index (κ1) is 40.9. The fourth-order valence-electron chi connectivity index (χ4n) is 5.97. The van der Waals surface area contributed by atoms with Crippen LogP contribution in [-0.4, -0.2) is 59.8 Å². The number of phenolic OH excluding ortho intramolecular Hbond substituents is 1. The Kier molecular flexibility index (Phi) is 18.0. The maximum atomic E-state index is 11.1. The summed E-state index contributed by atoms with van der Waals surface area (Å²) in [6, 6.07) is 12.3. The molecule has 4 rings (SSSR count). The van der Waals surface area contributed by atoms with Crippen molar-refractivity contribution in [3.05, 3.63) is 65.6 Å². The average molecular weight is 677 g/mol. The molecular weight excluding hydrogens is 620 g/mol. The third-order valence-electron chi connectivity index (χ3n) is 7.95. The Labute approximate surface area is 291 Å². The second-order valence-electron chi connectivity index (χ2n) is 12.1. The average Bonchev–Trinajstić information content (AvgIpc) is 3.41.